The van der Waals surface area contributed by atoms with Crippen molar-refractivity contribution in [1.29, 1.82) is 0 Å². The standard InChI is InChI=1S/C34H40N2O2/c1-31-10-8-27-17-26-4-5-28(36-15-13-32(20-36)21-37-22-32)18-33(26)11-12-34(27,38-33)30(31)7-6-29(31)24-3-2-23-9-14-35-19-25(23)16-24/h2-3,8-9,14,16-17,19,28-30H,4-7,10-13,15,18,20-22H2,1H3/t28-,29+,30+,31+,33+,34+/m0/s1. The van der Waals surface area contributed by atoms with Gasteiger partial charge in [-0.3, -0.25) is 9.88 Å². The van der Waals surface area contributed by atoms with E-state index in [2.05, 4.69) is 53.2 Å². The topological polar surface area (TPSA) is 34.6 Å². The van der Waals surface area contributed by atoms with Crippen molar-refractivity contribution in [2.45, 2.75) is 87.9 Å². The molecule has 3 aliphatic carbocycles. The SMILES string of the molecule is C[C@]12CC=C3C=C4CC[C@H](N5CCC6(COC6)C5)C[C@]45CC[C@]3(O5)[C@@H]1CC[C@@H]2c1ccc2ccncc2c1. The molecule has 1 aromatic carbocycles. The largest absolute Gasteiger partial charge is 0.380 e. The highest BCUT2D eigenvalue weighted by atomic mass is 16.5. The van der Waals surface area contributed by atoms with Crippen LogP contribution in [0.3, 0.4) is 0 Å². The lowest BCUT2D eigenvalue weighted by Gasteiger charge is -2.55. The minimum atomic E-state index is -0.0699. The second kappa shape index (κ2) is 7.59. The van der Waals surface area contributed by atoms with E-state index in [1.54, 1.807) is 5.57 Å². The van der Waals surface area contributed by atoms with E-state index in [9.17, 15) is 0 Å². The molecular weight excluding hydrogens is 468 g/mol. The molecule has 2 aromatic rings. The van der Waals surface area contributed by atoms with Crippen molar-refractivity contribution in [3.63, 3.8) is 0 Å². The minimum absolute atomic E-state index is 0.0168. The van der Waals surface area contributed by atoms with Gasteiger partial charge >= 0.3 is 0 Å². The highest BCUT2D eigenvalue weighted by molar-refractivity contribution is 5.82. The second-order valence-corrected chi connectivity index (χ2v) is 14.3. The van der Waals surface area contributed by atoms with Gasteiger partial charge in [-0.15, -0.1) is 0 Å². The molecule has 2 saturated carbocycles. The maximum atomic E-state index is 7.60. The van der Waals surface area contributed by atoms with Crippen molar-refractivity contribution in [2.75, 3.05) is 26.3 Å². The molecule has 2 bridgehead atoms. The quantitative estimate of drug-likeness (QED) is 0.460. The average molecular weight is 509 g/mol. The summed E-state index contributed by atoms with van der Waals surface area (Å²) in [5, 5.41) is 2.56. The van der Waals surface area contributed by atoms with Crippen LogP contribution in [-0.4, -0.2) is 53.4 Å². The lowest BCUT2D eigenvalue weighted by Crippen LogP contribution is -2.55. The Labute approximate surface area is 226 Å². The van der Waals surface area contributed by atoms with Gasteiger partial charge in [-0.05, 0) is 116 Å². The number of rotatable bonds is 2. The zero-order valence-electron chi connectivity index (χ0n) is 22.8. The molecule has 9 rings (SSSR count). The molecule has 0 unspecified atom stereocenters. The first-order valence-corrected chi connectivity index (χ1v) is 15.3. The third-order valence-electron chi connectivity index (χ3n) is 12.5. The van der Waals surface area contributed by atoms with Crippen molar-refractivity contribution >= 4 is 10.8 Å². The van der Waals surface area contributed by atoms with Gasteiger partial charge in [0, 0.05) is 35.8 Å². The number of likely N-dealkylation sites (tertiary alicyclic amines) is 1. The summed E-state index contributed by atoms with van der Waals surface area (Å²) in [6, 6.07) is 9.93. The first-order valence-electron chi connectivity index (χ1n) is 15.3. The number of hydrogen-bond acceptors (Lipinski definition) is 4. The van der Waals surface area contributed by atoms with E-state index in [0.29, 0.717) is 23.3 Å². The van der Waals surface area contributed by atoms with E-state index in [0.717, 1.165) is 13.2 Å². The average Bonchev–Trinajstić information content (AvgIpc) is 3.61. The van der Waals surface area contributed by atoms with Crippen LogP contribution < -0.4 is 0 Å². The summed E-state index contributed by atoms with van der Waals surface area (Å²) < 4.78 is 13.2. The number of pyridine rings is 1. The Hall–Kier alpha value is -2.01. The van der Waals surface area contributed by atoms with Gasteiger partial charge in [0.15, 0.2) is 0 Å². The van der Waals surface area contributed by atoms with Gasteiger partial charge in [0.1, 0.15) is 0 Å². The van der Waals surface area contributed by atoms with E-state index in [1.807, 2.05) is 12.4 Å². The molecular formula is C34H40N2O2. The normalized spacial score (nSPS) is 42.8. The molecule has 7 aliphatic rings. The van der Waals surface area contributed by atoms with Crippen molar-refractivity contribution in [3.8, 4) is 0 Å². The summed E-state index contributed by atoms with van der Waals surface area (Å²) in [5.41, 5.74) is 5.29. The second-order valence-electron chi connectivity index (χ2n) is 14.3. The molecule has 4 heteroatoms. The Bertz CT molecular complexity index is 1390. The van der Waals surface area contributed by atoms with Crippen molar-refractivity contribution in [2.24, 2.45) is 16.7 Å². The molecule has 5 heterocycles. The molecule has 198 valence electrons. The third kappa shape index (κ3) is 2.90. The summed E-state index contributed by atoms with van der Waals surface area (Å²) >= 11 is 0. The Balaban J connectivity index is 1.03. The summed E-state index contributed by atoms with van der Waals surface area (Å²) in [5.74, 6) is 1.18. The number of ether oxygens (including phenoxy) is 2. The van der Waals surface area contributed by atoms with Gasteiger partial charge in [-0.25, -0.2) is 0 Å². The van der Waals surface area contributed by atoms with Crippen molar-refractivity contribution in [3.05, 3.63) is 65.5 Å². The number of nitrogens with zero attached hydrogens (tertiary/aromatic N) is 2. The van der Waals surface area contributed by atoms with Crippen LogP contribution in [0.5, 0.6) is 0 Å². The van der Waals surface area contributed by atoms with Crippen LogP contribution in [0.2, 0.25) is 0 Å². The third-order valence-corrected chi connectivity index (χ3v) is 12.5. The van der Waals surface area contributed by atoms with Crippen LogP contribution in [-0.2, 0) is 9.47 Å². The lowest BCUT2D eigenvalue weighted by atomic mass is 9.58. The lowest BCUT2D eigenvalue weighted by molar-refractivity contribution is -0.142. The molecule has 1 aromatic heterocycles. The zero-order chi connectivity index (χ0) is 25.2. The molecule has 3 spiro atoms. The van der Waals surface area contributed by atoms with Gasteiger partial charge in [0.25, 0.3) is 0 Å². The number of benzene rings is 1. The Morgan fingerprint density at radius 2 is 1.97 bits per heavy atom. The minimum Gasteiger partial charge on any atom is -0.380 e. The number of allylic oxidation sites excluding steroid dienone is 1. The van der Waals surface area contributed by atoms with Gasteiger partial charge in [0.2, 0.25) is 0 Å². The van der Waals surface area contributed by atoms with Crippen molar-refractivity contribution in [1.82, 2.24) is 9.88 Å². The van der Waals surface area contributed by atoms with Gasteiger partial charge in [-0.2, -0.15) is 0 Å². The molecule has 0 N–H and O–H groups in total. The smallest absolute Gasteiger partial charge is 0.0974 e. The van der Waals surface area contributed by atoms with E-state index in [1.165, 1.54) is 92.8 Å². The predicted octanol–water partition coefficient (Wildman–Crippen LogP) is 6.57. The fourth-order valence-corrected chi connectivity index (χ4v) is 10.5. The van der Waals surface area contributed by atoms with Crippen molar-refractivity contribution < 1.29 is 9.47 Å². The molecule has 4 nitrogen and oxygen atoms in total. The number of hydrogen-bond donors (Lipinski definition) is 0. The first kappa shape index (κ1) is 22.8. The summed E-state index contributed by atoms with van der Waals surface area (Å²) in [6.07, 6.45) is 20.4. The molecule has 3 saturated heterocycles. The number of aromatic nitrogens is 1. The summed E-state index contributed by atoms with van der Waals surface area (Å²) in [4.78, 5) is 7.22. The predicted molar refractivity (Wildman–Crippen MR) is 149 cm³/mol. The monoisotopic (exact) mass is 508 g/mol. The van der Waals surface area contributed by atoms with E-state index in [4.69, 9.17) is 9.47 Å². The zero-order valence-corrected chi connectivity index (χ0v) is 22.8. The van der Waals surface area contributed by atoms with Gasteiger partial charge in [0.05, 0.1) is 24.4 Å². The summed E-state index contributed by atoms with van der Waals surface area (Å²) in [7, 11) is 0. The van der Waals surface area contributed by atoms with Crippen LogP contribution in [0.25, 0.3) is 10.8 Å². The maximum absolute atomic E-state index is 7.60. The molecule has 38 heavy (non-hydrogen) atoms. The van der Waals surface area contributed by atoms with E-state index < -0.39 is 0 Å². The van der Waals surface area contributed by atoms with E-state index in [-0.39, 0.29) is 16.6 Å². The van der Waals surface area contributed by atoms with Gasteiger partial charge in [-0.1, -0.05) is 31.2 Å². The maximum Gasteiger partial charge on any atom is 0.0974 e. The summed E-state index contributed by atoms with van der Waals surface area (Å²) in [6.45, 7) is 7.05. The number of fused-ring (bicyclic) bond motifs is 2. The fourth-order valence-electron chi connectivity index (χ4n) is 10.5. The highest BCUT2D eigenvalue weighted by Crippen LogP contribution is 2.69. The van der Waals surface area contributed by atoms with Crippen LogP contribution >= 0.6 is 0 Å². The molecule has 6 atom stereocenters. The molecule has 4 aliphatic heterocycles. The van der Waals surface area contributed by atoms with Crippen LogP contribution in [0.1, 0.15) is 76.2 Å². The first-order chi connectivity index (χ1) is 18.5. The molecule has 0 amide bonds. The molecule has 0 radical (unpaired) electrons. The van der Waals surface area contributed by atoms with Crippen LogP contribution in [0, 0.1) is 16.7 Å². The van der Waals surface area contributed by atoms with Crippen LogP contribution in [0.15, 0.2) is 60.0 Å². The van der Waals surface area contributed by atoms with Gasteiger partial charge < -0.3 is 9.47 Å². The Kier molecular flexibility index (Phi) is 4.55. The fraction of sp³-hybridized carbons (Fsp3) is 0.618. The Morgan fingerprint density at radius 3 is 2.84 bits per heavy atom. The highest BCUT2D eigenvalue weighted by Gasteiger charge is 2.67. The Morgan fingerprint density at radius 1 is 1.03 bits per heavy atom. The van der Waals surface area contributed by atoms with Crippen LogP contribution in [0.4, 0.5) is 0 Å². The van der Waals surface area contributed by atoms with E-state index >= 15 is 0 Å². The molecule has 5 fully saturated rings.